The molecule has 1 aliphatic heterocycles. The summed E-state index contributed by atoms with van der Waals surface area (Å²) in [6, 6.07) is 3.34. The standard InChI is InChI=1S/C12H14ClN3O4/c1-15(10-5-14-6-11(10)17)12(18)8-4-7(16(19)20)2-3-9(8)13/h2-4,10-11,14,17H,5-6H2,1H3/t10-,11-/m1/s1. The fourth-order valence-electron chi connectivity index (χ4n) is 2.18. The van der Waals surface area contributed by atoms with E-state index < -0.39 is 16.9 Å². The maximum Gasteiger partial charge on any atom is 0.270 e. The molecule has 1 fully saturated rings. The first-order valence-corrected chi connectivity index (χ1v) is 6.39. The van der Waals surface area contributed by atoms with Crippen LogP contribution in [0.3, 0.4) is 0 Å². The predicted molar refractivity (Wildman–Crippen MR) is 72.9 cm³/mol. The SMILES string of the molecule is CN(C(=O)c1cc([N+](=O)[O-])ccc1Cl)[C@@H]1CNC[C@H]1O. The number of hydrogen-bond donors (Lipinski definition) is 2. The van der Waals surface area contributed by atoms with Crippen LogP contribution in [0.15, 0.2) is 18.2 Å². The van der Waals surface area contributed by atoms with E-state index in [0.29, 0.717) is 13.1 Å². The summed E-state index contributed by atoms with van der Waals surface area (Å²) in [4.78, 5) is 23.9. The van der Waals surface area contributed by atoms with Gasteiger partial charge in [-0.05, 0) is 6.07 Å². The van der Waals surface area contributed by atoms with Crippen LogP contribution in [0, 0.1) is 10.1 Å². The van der Waals surface area contributed by atoms with Crippen LogP contribution >= 0.6 is 11.6 Å². The Labute approximate surface area is 120 Å². The molecule has 108 valence electrons. The Morgan fingerprint density at radius 1 is 1.55 bits per heavy atom. The van der Waals surface area contributed by atoms with Crippen molar-refractivity contribution in [2.75, 3.05) is 20.1 Å². The zero-order valence-corrected chi connectivity index (χ0v) is 11.5. The fraction of sp³-hybridized carbons (Fsp3) is 0.417. The van der Waals surface area contributed by atoms with Gasteiger partial charge in [0.25, 0.3) is 11.6 Å². The molecule has 7 nitrogen and oxygen atoms in total. The molecule has 8 heteroatoms. The Morgan fingerprint density at radius 2 is 2.25 bits per heavy atom. The lowest BCUT2D eigenvalue weighted by molar-refractivity contribution is -0.384. The normalized spacial score (nSPS) is 21.8. The van der Waals surface area contributed by atoms with E-state index in [1.807, 2.05) is 0 Å². The van der Waals surface area contributed by atoms with Crippen LogP contribution in [0.5, 0.6) is 0 Å². The minimum atomic E-state index is -0.665. The summed E-state index contributed by atoms with van der Waals surface area (Å²) >= 11 is 5.93. The molecule has 0 saturated carbocycles. The Balaban J connectivity index is 2.28. The molecular formula is C12H14ClN3O4. The third-order valence-corrected chi connectivity index (χ3v) is 3.69. The summed E-state index contributed by atoms with van der Waals surface area (Å²) in [6.07, 6.45) is -0.665. The number of aliphatic hydroxyl groups is 1. The molecular weight excluding hydrogens is 286 g/mol. The number of nitro benzene ring substituents is 1. The summed E-state index contributed by atoms with van der Waals surface area (Å²) in [5.41, 5.74) is -0.140. The number of β-amino-alcohol motifs (C(OH)–C–C–N with tert-alkyl or cyclic N) is 1. The van der Waals surface area contributed by atoms with E-state index in [2.05, 4.69) is 5.32 Å². The number of likely N-dealkylation sites (N-methyl/N-ethyl adjacent to an activating group) is 1. The van der Waals surface area contributed by atoms with Gasteiger partial charge in [0.05, 0.1) is 27.7 Å². The van der Waals surface area contributed by atoms with Crippen molar-refractivity contribution in [1.82, 2.24) is 10.2 Å². The van der Waals surface area contributed by atoms with Crippen LogP contribution < -0.4 is 5.32 Å². The largest absolute Gasteiger partial charge is 0.390 e. The van der Waals surface area contributed by atoms with Crippen molar-refractivity contribution in [3.8, 4) is 0 Å². The minimum absolute atomic E-state index is 0.0578. The Hall–Kier alpha value is -1.70. The fourth-order valence-corrected chi connectivity index (χ4v) is 2.38. The van der Waals surface area contributed by atoms with E-state index in [1.165, 1.54) is 17.0 Å². The molecule has 2 atom stereocenters. The van der Waals surface area contributed by atoms with Crippen molar-refractivity contribution in [1.29, 1.82) is 0 Å². The molecule has 0 aromatic heterocycles. The van der Waals surface area contributed by atoms with E-state index in [1.54, 1.807) is 7.05 Å². The Kier molecular flexibility index (Phi) is 4.22. The lowest BCUT2D eigenvalue weighted by Crippen LogP contribution is -2.44. The summed E-state index contributed by atoms with van der Waals surface area (Å²) in [7, 11) is 1.54. The van der Waals surface area contributed by atoms with Crippen molar-refractivity contribution < 1.29 is 14.8 Å². The number of nitrogens with one attached hydrogen (secondary N) is 1. The van der Waals surface area contributed by atoms with Crippen molar-refractivity contribution in [2.24, 2.45) is 0 Å². The van der Waals surface area contributed by atoms with Gasteiger partial charge in [-0.1, -0.05) is 11.6 Å². The number of hydrogen-bond acceptors (Lipinski definition) is 5. The third-order valence-electron chi connectivity index (χ3n) is 3.36. The molecule has 0 unspecified atom stereocenters. The Bertz CT molecular complexity index is 552. The molecule has 20 heavy (non-hydrogen) atoms. The first-order valence-electron chi connectivity index (χ1n) is 6.01. The zero-order chi connectivity index (χ0) is 14.9. The van der Waals surface area contributed by atoms with Gasteiger partial charge in [-0.3, -0.25) is 14.9 Å². The van der Waals surface area contributed by atoms with E-state index in [9.17, 15) is 20.0 Å². The van der Waals surface area contributed by atoms with Crippen LogP contribution in [0.1, 0.15) is 10.4 Å². The Morgan fingerprint density at radius 3 is 2.80 bits per heavy atom. The second-order valence-corrected chi connectivity index (χ2v) is 5.04. The quantitative estimate of drug-likeness (QED) is 0.631. The van der Waals surface area contributed by atoms with E-state index in [-0.39, 0.29) is 22.3 Å². The minimum Gasteiger partial charge on any atom is -0.390 e. The number of benzene rings is 1. The maximum absolute atomic E-state index is 12.4. The van der Waals surface area contributed by atoms with E-state index >= 15 is 0 Å². The van der Waals surface area contributed by atoms with Gasteiger partial charge < -0.3 is 15.3 Å². The molecule has 0 aliphatic carbocycles. The average Bonchev–Trinajstić information content (AvgIpc) is 2.83. The van der Waals surface area contributed by atoms with Gasteiger partial charge in [-0.2, -0.15) is 0 Å². The highest BCUT2D eigenvalue weighted by molar-refractivity contribution is 6.33. The number of rotatable bonds is 3. The van der Waals surface area contributed by atoms with Gasteiger partial charge in [-0.15, -0.1) is 0 Å². The number of aliphatic hydroxyl groups excluding tert-OH is 1. The van der Waals surface area contributed by atoms with Gasteiger partial charge in [0.15, 0.2) is 0 Å². The van der Waals surface area contributed by atoms with Crippen LogP contribution in [-0.2, 0) is 0 Å². The highest BCUT2D eigenvalue weighted by Gasteiger charge is 2.32. The molecule has 1 heterocycles. The van der Waals surface area contributed by atoms with E-state index in [4.69, 9.17) is 11.6 Å². The summed E-state index contributed by atoms with van der Waals surface area (Å²) in [6.45, 7) is 0.876. The lowest BCUT2D eigenvalue weighted by Gasteiger charge is -2.26. The zero-order valence-electron chi connectivity index (χ0n) is 10.7. The molecule has 0 bridgehead atoms. The highest BCUT2D eigenvalue weighted by atomic mass is 35.5. The molecule has 1 saturated heterocycles. The highest BCUT2D eigenvalue weighted by Crippen LogP contribution is 2.24. The van der Waals surface area contributed by atoms with Crippen molar-refractivity contribution in [2.45, 2.75) is 12.1 Å². The second-order valence-electron chi connectivity index (χ2n) is 4.63. The molecule has 1 amide bonds. The molecule has 1 aromatic rings. The van der Waals surface area contributed by atoms with Crippen molar-refractivity contribution >= 4 is 23.2 Å². The van der Waals surface area contributed by atoms with E-state index in [0.717, 1.165) is 6.07 Å². The van der Waals surface area contributed by atoms with Crippen LogP contribution in [0.2, 0.25) is 5.02 Å². The number of halogens is 1. The van der Waals surface area contributed by atoms with Crippen LogP contribution in [0.25, 0.3) is 0 Å². The number of amides is 1. The summed E-state index contributed by atoms with van der Waals surface area (Å²) in [5.74, 6) is -0.452. The van der Waals surface area contributed by atoms with Gasteiger partial charge in [0.2, 0.25) is 0 Å². The summed E-state index contributed by atoms with van der Waals surface area (Å²) < 4.78 is 0. The maximum atomic E-state index is 12.4. The van der Waals surface area contributed by atoms with Gasteiger partial charge in [0.1, 0.15) is 0 Å². The first kappa shape index (κ1) is 14.7. The first-order chi connectivity index (χ1) is 9.41. The number of nitro groups is 1. The summed E-state index contributed by atoms with van der Waals surface area (Å²) in [5, 5.41) is 23.6. The van der Waals surface area contributed by atoms with Gasteiger partial charge in [0, 0.05) is 32.3 Å². The average molecular weight is 300 g/mol. The molecule has 2 rings (SSSR count). The third kappa shape index (κ3) is 2.74. The molecule has 2 N–H and O–H groups in total. The number of carbonyl (C=O) groups excluding carboxylic acids is 1. The van der Waals surface area contributed by atoms with Gasteiger partial charge >= 0.3 is 0 Å². The number of non-ortho nitro benzene ring substituents is 1. The van der Waals surface area contributed by atoms with Crippen LogP contribution in [-0.4, -0.2) is 53.1 Å². The lowest BCUT2D eigenvalue weighted by atomic mass is 10.1. The molecule has 1 aliphatic rings. The smallest absolute Gasteiger partial charge is 0.270 e. The number of nitrogens with zero attached hydrogens (tertiary/aromatic N) is 2. The van der Waals surface area contributed by atoms with Crippen molar-refractivity contribution in [3.05, 3.63) is 38.9 Å². The second kappa shape index (κ2) is 5.74. The van der Waals surface area contributed by atoms with Gasteiger partial charge in [-0.25, -0.2) is 0 Å². The van der Waals surface area contributed by atoms with Crippen LogP contribution in [0.4, 0.5) is 5.69 Å². The van der Waals surface area contributed by atoms with Crippen molar-refractivity contribution in [3.63, 3.8) is 0 Å². The number of carbonyl (C=O) groups is 1. The molecule has 0 radical (unpaired) electrons. The molecule has 1 aromatic carbocycles. The monoisotopic (exact) mass is 299 g/mol. The molecule has 0 spiro atoms. The topological polar surface area (TPSA) is 95.7 Å². The predicted octanol–water partition coefficient (Wildman–Crippen LogP) is 0.653.